The molecule has 0 radical (unpaired) electrons. The zero-order valence-corrected chi connectivity index (χ0v) is 17.3. The predicted molar refractivity (Wildman–Crippen MR) is 110 cm³/mol. The van der Waals surface area contributed by atoms with Crippen LogP contribution in [0.5, 0.6) is 0 Å². The Bertz CT molecular complexity index is 794. The van der Waals surface area contributed by atoms with Crippen LogP contribution in [0.4, 0.5) is 5.95 Å². The summed E-state index contributed by atoms with van der Waals surface area (Å²) >= 11 is 11.4. The van der Waals surface area contributed by atoms with Crippen molar-refractivity contribution in [3.8, 4) is 11.3 Å². The van der Waals surface area contributed by atoms with Crippen molar-refractivity contribution in [3.05, 3.63) is 42.1 Å². The average Bonchev–Trinajstić information content (AvgIpc) is 2.67. The zero-order valence-electron chi connectivity index (χ0n) is 15.8. The first-order valence-electron chi connectivity index (χ1n) is 9.01. The second-order valence-corrected chi connectivity index (χ2v) is 8.78. The number of halogens is 2. The summed E-state index contributed by atoms with van der Waals surface area (Å²) in [6.07, 6.45) is 1.78. The molecule has 1 aliphatic heterocycles. The molecule has 144 valence electrons. The van der Waals surface area contributed by atoms with Crippen molar-refractivity contribution in [1.82, 2.24) is 14.9 Å². The number of aromatic nitrogens is 2. The Hall–Kier alpha value is -1.85. The van der Waals surface area contributed by atoms with Crippen LogP contribution < -0.4 is 4.90 Å². The molecule has 2 aromatic rings. The fourth-order valence-electron chi connectivity index (χ4n) is 3.07. The standard InChI is InChI=1S/C20H24Cl2N4O/c1-20(2,3)15-6-4-14(5-7-15)16-8-9-23-19(24-16)26-12-10-25(11-13-26)18(27)17(21)22/h4-9,17H,10-13H2,1-3H3. The highest BCUT2D eigenvalue weighted by Gasteiger charge is 2.26. The number of rotatable bonds is 3. The van der Waals surface area contributed by atoms with Gasteiger partial charge in [-0.3, -0.25) is 4.79 Å². The quantitative estimate of drug-likeness (QED) is 0.725. The van der Waals surface area contributed by atoms with Crippen LogP contribution in [0.3, 0.4) is 0 Å². The summed E-state index contributed by atoms with van der Waals surface area (Å²) in [6.45, 7) is 9.02. The van der Waals surface area contributed by atoms with Gasteiger partial charge in [-0.2, -0.15) is 0 Å². The highest BCUT2D eigenvalue weighted by atomic mass is 35.5. The van der Waals surface area contributed by atoms with Crippen LogP contribution >= 0.6 is 23.2 Å². The van der Waals surface area contributed by atoms with E-state index in [2.05, 4.69) is 54.9 Å². The van der Waals surface area contributed by atoms with E-state index in [0.717, 1.165) is 11.3 Å². The molecule has 27 heavy (non-hydrogen) atoms. The summed E-state index contributed by atoms with van der Waals surface area (Å²) in [6, 6.07) is 10.4. The summed E-state index contributed by atoms with van der Waals surface area (Å²) in [5, 5.41) is 0. The molecule has 1 aliphatic rings. The molecule has 0 aliphatic carbocycles. The van der Waals surface area contributed by atoms with E-state index in [0.29, 0.717) is 32.1 Å². The van der Waals surface area contributed by atoms with Gasteiger partial charge in [-0.25, -0.2) is 9.97 Å². The molecule has 3 rings (SSSR count). The third-order valence-corrected chi connectivity index (χ3v) is 5.12. The number of hydrogen-bond acceptors (Lipinski definition) is 4. The van der Waals surface area contributed by atoms with Gasteiger partial charge in [0.25, 0.3) is 5.91 Å². The van der Waals surface area contributed by atoms with Crippen LogP contribution in [0.15, 0.2) is 36.5 Å². The van der Waals surface area contributed by atoms with Crippen LogP contribution in [0.25, 0.3) is 11.3 Å². The Morgan fingerprint density at radius 3 is 2.22 bits per heavy atom. The van der Waals surface area contributed by atoms with Gasteiger partial charge in [-0.15, -0.1) is 0 Å². The second-order valence-electron chi connectivity index (χ2n) is 7.68. The molecule has 1 amide bonds. The number of hydrogen-bond donors (Lipinski definition) is 0. The molecule has 5 nitrogen and oxygen atoms in total. The highest BCUT2D eigenvalue weighted by molar-refractivity contribution is 6.53. The van der Waals surface area contributed by atoms with Crippen molar-refractivity contribution in [3.63, 3.8) is 0 Å². The predicted octanol–water partition coefficient (Wildman–Crippen LogP) is 3.89. The second kappa shape index (κ2) is 8.03. The number of piperazine rings is 1. The van der Waals surface area contributed by atoms with Crippen molar-refractivity contribution in [2.75, 3.05) is 31.1 Å². The molecule has 1 aromatic carbocycles. The van der Waals surface area contributed by atoms with Gasteiger partial charge < -0.3 is 9.80 Å². The highest BCUT2D eigenvalue weighted by Crippen LogP contribution is 2.26. The van der Waals surface area contributed by atoms with Crippen molar-refractivity contribution < 1.29 is 4.79 Å². The minimum atomic E-state index is -1.01. The average molecular weight is 407 g/mol. The maximum Gasteiger partial charge on any atom is 0.255 e. The molecular weight excluding hydrogens is 383 g/mol. The lowest BCUT2D eigenvalue weighted by Crippen LogP contribution is -2.50. The molecule has 0 bridgehead atoms. The maximum absolute atomic E-state index is 11.9. The van der Waals surface area contributed by atoms with E-state index in [1.54, 1.807) is 11.1 Å². The topological polar surface area (TPSA) is 49.3 Å². The van der Waals surface area contributed by atoms with E-state index in [-0.39, 0.29) is 11.3 Å². The molecule has 0 saturated carbocycles. The molecule has 0 unspecified atom stereocenters. The van der Waals surface area contributed by atoms with Crippen molar-refractivity contribution >= 4 is 35.1 Å². The largest absolute Gasteiger partial charge is 0.337 e. The maximum atomic E-state index is 11.9. The smallest absolute Gasteiger partial charge is 0.255 e. The Balaban J connectivity index is 1.72. The molecule has 1 aromatic heterocycles. The summed E-state index contributed by atoms with van der Waals surface area (Å²) in [4.78, 5) is 23.8. The fourth-order valence-corrected chi connectivity index (χ4v) is 3.34. The first kappa shape index (κ1) is 19.9. The summed E-state index contributed by atoms with van der Waals surface area (Å²) in [5.74, 6) is 0.430. The van der Waals surface area contributed by atoms with E-state index < -0.39 is 4.84 Å². The van der Waals surface area contributed by atoms with E-state index in [9.17, 15) is 4.79 Å². The van der Waals surface area contributed by atoms with Crippen molar-refractivity contribution in [2.45, 2.75) is 31.0 Å². The van der Waals surface area contributed by atoms with Crippen molar-refractivity contribution in [2.24, 2.45) is 0 Å². The molecule has 0 atom stereocenters. The molecule has 1 fully saturated rings. The van der Waals surface area contributed by atoms with Crippen LogP contribution in [0.1, 0.15) is 26.3 Å². The van der Waals surface area contributed by atoms with Crippen molar-refractivity contribution in [1.29, 1.82) is 0 Å². The van der Waals surface area contributed by atoms with Crippen LogP contribution in [-0.2, 0) is 10.2 Å². The van der Waals surface area contributed by atoms with E-state index in [4.69, 9.17) is 28.2 Å². The van der Waals surface area contributed by atoms with E-state index >= 15 is 0 Å². The normalized spacial score (nSPS) is 15.3. The first-order valence-corrected chi connectivity index (χ1v) is 9.89. The number of anilines is 1. The Kier molecular flexibility index (Phi) is 5.92. The number of benzene rings is 1. The molecular formula is C20H24Cl2N4O. The van der Waals surface area contributed by atoms with Gasteiger partial charge >= 0.3 is 0 Å². The Morgan fingerprint density at radius 2 is 1.67 bits per heavy atom. The lowest BCUT2D eigenvalue weighted by molar-refractivity contribution is -0.129. The van der Waals surface area contributed by atoms with Crippen LogP contribution in [0.2, 0.25) is 0 Å². The van der Waals surface area contributed by atoms with Gasteiger partial charge in [0.2, 0.25) is 5.95 Å². The van der Waals surface area contributed by atoms with Gasteiger partial charge in [0.1, 0.15) is 0 Å². The van der Waals surface area contributed by atoms with Crippen LogP contribution in [-0.4, -0.2) is 51.8 Å². The van der Waals surface area contributed by atoms with Gasteiger partial charge in [0.15, 0.2) is 4.84 Å². The molecule has 2 heterocycles. The zero-order chi connectivity index (χ0) is 19.6. The SMILES string of the molecule is CC(C)(C)c1ccc(-c2ccnc(N3CCN(C(=O)C(Cl)Cl)CC3)n2)cc1. The number of carbonyl (C=O) groups excluding carboxylic acids is 1. The van der Waals surface area contributed by atoms with Gasteiger partial charge in [0, 0.05) is 37.9 Å². The third kappa shape index (κ3) is 4.71. The molecule has 0 N–H and O–H groups in total. The Labute approximate surface area is 170 Å². The monoisotopic (exact) mass is 406 g/mol. The molecule has 7 heteroatoms. The summed E-state index contributed by atoms with van der Waals surface area (Å²) < 4.78 is 0. The minimum absolute atomic E-state index is 0.123. The van der Waals surface area contributed by atoms with E-state index in [1.165, 1.54) is 5.56 Å². The summed E-state index contributed by atoms with van der Waals surface area (Å²) in [5.41, 5.74) is 3.36. The molecule has 0 spiro atoms. The van der Waals surface area contributed by atoms with Crippen LogP contribution in [0, 0.1) is 0 Å². The number of alkyl halides is 2. The van der Waals surface area contributed by atoms with Gasteiger partial charge in [0.05, 0.1) is 5.69 Å². The van der Waals surface area contributed by atoms with E-state index in [1.807, 2.05) is 6.07 Å². The summed E-state index contributed by atoms with van der Waals surface area (Å²) in [7, 11) is 0. The third-order valence-electron chi connectivity index (χ3n) is 4.75. The van der Waals surface area contributed by atoms with Gasteiger partial charge in [-0.05, 0) is 17.0 Å². The number of nitrogens with zero attached hydrogens (tertiary/aromatic N) is 4. The lowest BCUT2D eigenvalue weighted by Gasteiger charge is -2.35. The number of carbonyl (C=O) groups is 1. The molecule has 1 saturated heterocycles. The lowest BCUT2D eigenvalue weighted by atomic mass is 9.86. The fraction of sp³-hybridized carbons (Fsp3) is 0.450. The number of amides is 1. The Morgan fingerprint density at radius 1 is 1.04 bits per heavy atom. The first-order chi connectivity index (χ1) is 12.8. The van der Waals surface area contributed by atoms with Gasteiger partial charge in [-0.1, -0.05) is 68.2 Å². The minimum Gasteiger partial charge on any atom is -0.337 e.